The van der Waals surface area contributed by atoms with Crippen LogP contribution in [0.4, 0.5) is 0 Å². The maximum atomic E-state index is 12.2. The van der Waals surface area contributed by atoms with E-state index in [0.29, 0.717) is 61.2 Å². The van der Waals surface area contributed by atoms with Crippen LogP contribution in [0.3, 0.4) is 0 Å². The van der Waals surface area contributed by atoms with Crippen LogP contribution < -0.4 is 0 Å². The van der Waals surface area contributed by atoms with Crippen LogP contribution in [0.1, 0.15) is 144 Å². The Kier molecular flexibility index (Phi) is 8.60. The van der Waals surface area contributed by atoms with E-state index >= 15 is 0 Å². The molecule has 292 valence electrons. The summed E-state index contributed by atoms with van der Waals surface area (Å²) in [5.41, 5.74) is 2.42. The first-order valence-corrected chi connectivity index (χ1v) is 22.2. The predicted octanol–water partition coefficient (Wildman–Crippen LogP) is 9.22. The molecule has 7 fully saturated rings. The number of ketones is 2. The molecule has 0 amide bonds. The van der Waals surface area contributed by atoms with Gasteiger partial charge in [-0.2, -0.15) is 0 Å². The normalized spacial score (nSPS) is 49.7. The van der Waals surface area contributed by atoms with Gasteiger partial charge >= 0.3 is 11.9 Å². The van der Waals surface area contributed by atoms with Crippen molar-refractivity contribution in [1.82, 2.24) is 0 Å². The van der Waals surface area contributed by atoms with Gasteiger partial charge in [-0.15, -0.1) is 0 Å². The minimum Gasteiger partial charge on any atom is -0.458 e. The minimum atomic E-state index is -0.287. The van der Waals surface area contributed by atoms with Crippen molar-refractivity contribution in [2.75, 3.05) is 0 Å². The average Bonchev–Trinajstić information content (AvgIpc) is 3.86. The minimum absolute atomic E-state index is 0.00570. The molecular weight excluding hydrogens is 697 g/mol. The number of allylic oxidation sites excluding steroid dienone is 5. The molecule has 8 heteroatoms. The van der Waals surface area contributed by atoms with Crippen molar-refractivity contribution in [1.29, 1.82) is 0 Å². The van der Waals surface area contributed by atoms with Crippen LogP contribution in [0.2, 0.25) is 0 Å². The lowest BCUT2D eigenvalue weighted by Gasteiger charge is -2.61. The molecule has 0 bridgehead atoms. The fraction of sp³-hybridized carbons (Fsp3) is 0.761. The van der Waals surface area contributed by atoms with Gasteiger partial charge in [0, 0.05) is 48.7 Å². The molecule has 2 aliphatic heterocycles. The number of carbonyl (C=O) groups excluding carboxylic acids is 5. The third-order valence-electron chi connectivity index (χ3n) is 18.5. The van der Waals surface area contributed by atoms with Gasteiger partial charge in [-0.25, -0.2) is 0 Å². The van der Waals surface area contributed by atoms with Crippen molar-refractivity contribution >= 4 is 40.4 Å². The summed E-state index contributed by atoms with van der Waals surface area (Å²) in [7, 11) is 0. The van der Waals surface area contributed by atoms with Crippen molar-refractivity contribution in [3.8, 4) is 0 Å². The Hall–Kier alpha value is -2.48. The van der Waals surface area contributed by atoms with Crippen LogP contribution >= 0.6 is 11.8 Å². The molecule has 2 spiro atoms. The number of hydrogen-bond donors (Lipinski definition) is 0. The topological polar surface area (TPSA) is 104 Å². The molecule has 0 N–H and O–H groups in total. The van der Waals surface area contributed by atoms with Crippen LogP contribution in [0, 0.1) is 57.2 Å². The Morgan fingerprint density at radius 1 is 0.648 bits per heavy atom. The van der Waals surface area contributed by atoms with Crippen LogP contribution in [0.25, 0.3) is 0 Å². The lowest BCUT2D eigenvalue weighted by molar-refractivity contribution is -0.167. The Balaban J connectivity index is 0.000000144. The molecule has 10 aliphatic rings. The van der Waals surface area contributed by atoms with Gasteiger partial charge in [0.15, 0.2) is 16.7 Å². The zero-order valence-electron chi connectivity index (χ0n) is 33.1. The maximum Gasteiger partial charge on any atom is 0.306 e. The zero-order valence-corrected chi connectivity index (χ0v) is 34.0. The van der Waals surface area contributed by atoms with E-state index in [1.807, 2.05) is 12.2 Å². The van der Waals surface area contributed by atoms with E-state index in [1.54, 1.807) is 6.92 Å². The molecule has 0 radical (unpaired) electrons. The lowest BCUT2D eigenvalue weighted by atomic mass is 9.46. The number of fused-ring (bicyclic) bond motifs is 12. The molecule has 54 heavy (non-hydrogen) atoms. The molecular formula is C46H60O7S. The number of ether oxygens (including phenoxy) is 2. The highest BCUT2D eigenvalue weighted by Crippen LogP contribution is 2.71. The second kappa shape index (κ2) is 12.5. The highest BCUT2D eigenvalue weighted by Gasteiger charge is 2.69. The van der Waals surface area contributed by atoms with Crippen LogP contribution in [0.15, 0.2) is 35.5 Å². The Morgan fingerprint density at radius 3 is 1.81 bits per heavy atom. The van der Waals surface area contributed by atoms with Gasteiger partial charge in [-0.1, -0.05) is 57.2 Å². The van der Waals surface area contributed by atoms with Gasteiger partial charge in [-0.3, -0.25) is 24.0 Å². The first kappa shape index (κ1) is 37.1. The molecule has 2 heterocycles. The van der Waals surface area contributed by atoms with Crippen molar-refractivity contribution < 1.29 is 33.4 Å². The first-order valence-electron chi connectivity index (χ1n) is 21.3. The molecule has 10 rings (SSSR count). The van der Waals surface area contributed by atoms with E-state index in [0.717, 1.165) is 70.6 Å². The summed E-state index contributed by atoms with van der Waals surface area (Å²) in [4.78, 5) is 60.2. The summed E-state index contributed by atoms with van der Waals surface area (Å²) in [6, 6.07) is 0. The molecule has 5 saturated carbocycles. The number of rotatable bonds is 1. The van der Waals surface area contributed by atoms with Crippen molar-refractivity contribution in [2.45, 2.75) is 160 Å². The highest BCUT2D eigenvalue weighted by molar-refractivity contribution is 8.14. The smallest absolute Gasteiger partial charge is 0.306 e. The van der Waals surface area contributed by atoms with Gasteiger partial charge in [0.05, 0.1) is 0 Å². The van der Waals surface area contributed by atoms with Crippen LogP contribution in [0.5, 0.6) is 0 Å². The zero-order chi connectivity index (χ0) is 38.1. The summed E-state index contributed by atoms with van der Waals surface area (Å²) in [5, 5.41) is 0.409. The Labute approximate surface area is 325 Å². The number of thioether (sulfide) groups is 1. The molecule has 0 aromatic carbocycles. The second-order valence-corrected chi connectivity index (χ2v) is 21.7. The van der Waals surface area contributed by atoms with Crippen molar-refractivity contribution in [3.05, 3.63) is 35.5 Å². The summed E-state index contributed by atoms with van der Waals surface area (Å²) >= 11 is 1.50. The van der Waals surface area contributed by atoms with Crippen LogP contribution in [-0.4, -0.2) is 45.1 Å². The fourth-order valence-electron chi connectivity index (χ4n) is 15.4. The monoisotopic (exact) mass is 756 g/mol. The quantitative estimate of drug-likeness (QED) is 0.244. The largest absolute Gasteiger partial charge is 0.458 e. The number of hydrogen-bond acceptors (Lipinski definition) is 8. The summed E-state index contributed by atoms with van der Waals surface area (Å²) < 4.78 is 12.0. The second-order valence-electron chi connectivity index (χ2n) is 20.3. The molecule has 8 aliphatic carbocycles. The Morgan fingerprint density at radius 2 is 1.20 bits per heavy atom. The van der Waals surface area contributed by atoms with E-state index in [2.05, 4.69) is 39.8 Å². The van der Waals surface area contributed by atoms with Gasteiger partial charge in [0.1, 0.15) is 11.2 Å². The third kappa shape index (κ3) is 5.15. The SMILES string of the molecule is CC(=O)S[C@@H]1CC2=CC(=O)CC[C@]2(C)[C@H]2CC[C@@]3(C)[C@@H](CC[C@@]34CCC(=O)O4)[C@H]12.C[C@]12CCC(=O)C=C1C=C[C@@H]1[C@@H]2CC[C@@]2(C)[C@H]1CC[C@@]21CCC(=O)O1. The number of esters is 2. The predicted molar refractivity (Wildman–Crippen MR) is 207 cm³/mol. The standard InChI is InChI=1S/C24H32O4S.C22H28O3/c1-14(25)29-19-13-15-12-16(26)4-8-22(15,2)17-5-9-23(3)18(21(17)19)6-10-24(23)11-7-20(27)28-24;1-20-9-5-15(23)13-14(20)3-4-16-17(20)6-10-21(2)18(16)7-11-22(21)12-8-19(24)25-22/h12,17-19,21H,4-11,13H2,1-3H3;3-4,13,16-18H,5-12H2,1-2H3/t17-,18-,19+,21+,22-,23-,24+;16-,17+,18+,20+,21+,22-/m01/s1. The highest BCUT2D eigenvalue weighted by atomic mass is 32.2. The van der Waals surface area contributed by atoms with Crippen LogP contribution in [-0.2, 0) is 33.4 Å². The lowest BCUT2D eigenvalue weighted by Crippen LogP contribution is -2.57. The van der Waals surface area contributed by atoms with E-state index in [9.17, 15) is 24.0 Å². The molecule has 7 nitrogen and oxygen atoms in total. The van der Waals surface area contributed by atoms with Gasteiger partial charge in [0.25, 0.3) is 0 Å². The first-order chi connectivity index (χ1) is 25.6. The maximum absolute atomic E-state index is 12.2. The molecule has 0 aromatic rings. The van der Waals surface area contributed by atoms with E-state index < -0.39 is 0 Å². The summed E-state index contributed by atoms with van der Waals surface area (Å²) in [6.07, 6.45) is 24.3. The van der Waals surface area contributed by atoms with Gasteiger partial charge < -0.3 is 9.47 Å². The Bertz CT molecular complexity index is 1790. The molecule has 2 saturated heterocycles. The van der Waals surface area contributed by atoms with Gasteiger partial charge in [0.2, 0.25) is 0 Å². The molecule has 13 atom stereocenters. The molecule has 0 unspecified atom stereocenters. The third-order valence-corrected chi connectivity index (χ3v) is 19.6. The molecule has 0 aromatic heterocycles. The number of carbonyl (C=O) groups is 5. The average molecular weight is 757 g/mol. The summed E-state index contributed by atoms with van der Waals surface area (Å²) in [6.45, 7) is 11.2. The van der Waals surface area contributed by atoms with Crippen molar-refractivity contribution in [2.24, 2.45) is 57.2 Å². The fourth-order valence-corrected chi connectivity index (χ4v) is 16.6. The van der Waals surface area contributed by atoms with E-state index in [1.165, 1.54) is 35.7 Å². The van der Waals surface area contributed by atoms with Crippen molar-refractivity contribution in [3.63, 3.8) is 0 Å². The van der Waals surface area contributed by atoms with E-state index in [4.69, 9.17) is 9.47 Å². The van der Waals surface area contributed by atoms with Gasteiger partial charge in [-0.05, 0) is 148 Å². The van der Waals surface area contributed by atoms with E-state index in [-0.39, 0.29) is 66.7 Å². The summed E-state index contributed by atoms with van der Waals surface area (Å²) in [5.74, 6) is 3.75.